The van der Waals surface area contributed by atoms with E-state index in [4.69, 9.17) is 9.47 Å². The van der Waals surface area contributed by atoms with Crippen LogP contribution in [0.15, 0.2) is 11.6 Å². The number of fused-ring (bicyclic) bond motifs is 3. The number of allylic oxidation sites excluding steroid dienone is 2. The summed E-state index contributed by atoms with van der Waals surface area (Å²) >= 11 is 0. The van der Waals surface area contributed by atoms with Gasteiger partial charge < -0.3 is 9.47 Å². The van der Waals surface area contributed by atoms with Gasteiger partial charge in [0.05, 0.1) is 17.4 Å². The van der Waals surface area contributed by atoms with E-state index in [9.17, 15) is 9.59 Å². The number of hydrogen-bond acceptors (Lipinski definition) is 4. The Morgan fingerprint density at radius 3 is 2.30 bits per heavy atom. The lowest BCUT2D eigenvalue weighted by molar-refractivity contribution is -0.157. The van der Waals surface area contributed by atoms with Crippen LogP contribution in [0.3, 0.4) is 0 Å². The number of carbonyl (C=O) groups is 2. The Hall–Kier alpha value is -1.01. The van der Waals surface area contributed by atoms with Crippen molar-refractivity contribution >= 4 is 27.7 Å². The first-order chi connectivity index (χ1) is 16.9. The standard InChI is InChI=1S/C31H52O4Si2/c1-28(2,3)37(9,10)19-17-31-15-11-24(32)21-26(31)29(4)14-13-27(33)30(5,25(29)12-16-31)22-35-23-34-18-20-36(6,7)8/h21,25H,11-16,18,20,22-23H2,1-10H3/t25-,29+,30+,31-/m1/s1. The molecule has 4 atom stereocenters. The van der Waals surface area contributed by atoms with E-state index < -0.39 is 21.6 Å². The Morgan fingerprint density at radius 1 is 1.00 bits per heavy atom. The summed E-state index contributed by atoms with van der Waals surface area (Å²) in [6.07, 6.45) is 6.51. The van der Waals surface area contributed by atoms with Gasteiger partial charge in [-0.25, -0.2) is 0 Å². The normalized spacial score (nSPS) is 32.7. The van der Waals surface area contributed by atoms with Crippen molar-refractivity contribution in [2.24, 2.45) is 22.2 Å². The fourth-order valence-electron chi connectivity index (χ4n) is 6.48. The molecule has 3 aliphatic carbocycles. The van der Waals surface area contributed by atoms with Crippen molar-refractivity contribution < 1.29 is 19.1 Å². The summed E-state index contributed by atoms with van der Waals surface area (Å²) in [5.74, 6) is 4.49. The average molecular weight is 545 g/mol. The maximum absolute atomic E-state index is 13.4. The minimum atomic E-state index is -1.79. The number of hydrogen-bond donors (Lipinski definition) is 0. The van der Waals surface area contributed by atoms with Crippen LogP contribution in [0.4, 0.5) is 0 Å². The number of Topliss-reactive ketones (excluding diaryl/α,β-unsaturated/α-hetero) is 1. The first-order valence-corrected chi connectivity index (χ1v) is 21.1. The van der Waals surface area contributed by atoms with E-state index in [1.54, 1.807) is 0 Å². The van der Waals surface area contributed by atoms with Gasteiger partial charge in [0, 0.05) is 27.5 Å². The molecule has 0 spiro atoms. The van der Waals surface area contributed by atoms with Gasteiger partial charge >= 0.3 is 0 Å². The van der Waals surface area contributed by atoms with E-state index >= 15 is 0 Å². The second-order valence-electron chi connectivity index (χ2n) is 15.3. The van der Waals surface area contributed by atoms with E-state index in [-0.39, 0.29) is 34.4 Å². The molecule has 37 heavy (non-hydrogen) atoms. The highest BCUT2D eigenvalue weighted by Gasteiger charge is 2.61. The van der Waals surface area contributed by atoms with Crippen molar-refractivity contribution in [1.82, 2.24) is 0 Å². The van der Waals surface area contributed by atoms with Crippen molar-refractivity contribution in [3.63, 3.8) is 0 Å². The van der Waals surface area contributed by atoms with Crippen molar-refractivity contribution in [1.29, 1.82) is 0 Å². The van der Waals surface area contributed by atoms with Crippen LogP contribution in [0.2, 0.25) is 43.8 Å². The molecule has 6 heteroatoms. The first-order valence-electron chi connectivity index (χ1n) is 14.4. The minimum absolute atomic E-state index is 0.142. The topological polar surface area (TPSA) is 52.6 Å². The van der Waals surface area contributed by atoms with Crippen LogP contribution >= 0.6 is 0 Å². The van der Waals surface area contributed by atoms with Crippen molar-refractivity contribution in [2.75, 3.05) is 20.0 Å². The van der Waals surface area contributed by atoms with Gasteiger partial charge in [-0.3, -0.25) is 9.59 Å². The molecule has 0 heterocycles. The Kier molecular flexibility index (Phi) is 8.68. The van der Waals surface area contributed by atoms with Gasteiger partial charge in [0.15, 0.2) is 5.78 Å². The molecule has 0 aromatic carbocycles. The van der Waals surface area contributed by atoms with E-state index in [0.29, 0.717) is 31.8 Å². The molecular formula is C31H52O4Si2. The molecule has 3 rings (SSSR count). The Bertz CT molecular complexity index is 989. The largest absolute Gasteiger partial charge is 0.356 e. The molecule has 4 nitrogen and oxygen atoms in total. The van der Waals surface area contributed by atoms with Gasteiger partial charge in [0.25, 0.3) is 0 Å². The van der Waals surface area contributed by atoms with Crippen LogP contribution in [0, 0.1) is 33.6 Å². The third-order valence-electron chi connectivity index (χ3n) is 10.2. The van der Waals surface area contributed by atoms with Gasteiger partial charge in [0.2, 0.25) is 0 Å². The third kappa shape index (κ3) is 6.26. The highest BCUT2D eigenvalue weighted by atomic mass is 28.3. The number of ketones is 2. The second-order valence-corrected chi connectivity index (χ2v) is 25.9. The molecule has 0 aromatic rings. The Labute approximate surface area is 228 Å². The fraction of sp³-hybridized carbons (Fsp3) is 0.806. The average Bonchev–Trinajstić information content (AvgIpc) is 2.77. The van der Waals surface area contributed by atoms with Crippen LogP contribution < -0.4 is 0 Å². The molecule has 0 bridgehead atoms. The number of ether oxygens (including phenoxy) is 2. The van der Waals surface area contributed by atoms with Gasteiger partial charge in [-0.2, -0.15) is 0 Å². The summed E-state index contributed by atoms with van der Waals surface area (Å²) < 4.78 is 11.8. The quantitative estimate of drug-likeness (QED) is 0.145. The Balaban J connectivity index is 1.87. The van der Waals surface area contributed by atoms with Crippen molar-refractivity contribution in [2.45, 2.75) is 117 Å². The number of carbonyl (C=O) groups excluding carboxylic acids is 2. The highest BCUT2D eigenvalue weighted by Crippen LogP contribution is 2.65. The first kappa shape index (κ1) is 30.5. The van der Waals surface area contributed by atoms with Gasteiger partial charge in [-0.1, -0.05) is 73.3 Å². The summed E-state index contributed by atoms with van der Waals surface area (Å²) in [5.41, 5.74) is 3.99. The summed E-state index contributed by atoms with van der Waals surface area (Å²) in [7, 11) is -2.94. The summed E-state index contributed by atoms with van der Waals surface area (Å²) in [5, 5.41) is 0.191. The summed E-state index contributed by atoms with van der Waals surface area (Å²) in [6.45, 7) is 24.4. The summed E-state index contributed by atoms with van der Waals surface area (Å²) in [4.78, 5) is 26.2. The molecule has 208 valence electrons. The lowest BCUT2D eigenvalue weighted by Crippen LogP contribution is -2.57. The maximum Gasteiger partial charge on any atom is 0.155 e. The molecule has 0 amide bonds. The van der Waals surface area contributed by atoms with Gasteiger partial charge in [-0.05, 0) is 59.7 Å². The Morgan fingerprint density at radius 2 is 1.68 bits per heavy atom. The third-order valence-corrected chi connectivity index (χ3v) is 16.4. The van der Waals surface area contributed by atoms with E-state index in [2.05, 4.69) is 78.8 Å². The zero-order valence-electron chi connectivity index (χ0n) is 25.4. The van der Waals surface area contributed by atoms with Gasteiger partial charge in [-0.15, -0.1) is 5.54 Å². The van der Waals surface area contributed by atoms with Crippen LogP contribution in [0.25, 0.3) is 0 Å². The molecule has 0 aromatic heterocycles. The molecule has 2 saturated carbocycles. The number of rotatable bonds is 7. The SMILES string of the molecule is CC(C)(C)[Si](C)(C)C#C[C@]12CCC(=O)C=C1[C@@]1(C)CCC(=O)[C@@](C)(COCOCC[Si](C)(C)C)[C@@H]1CC2. The fourth-order valence-corrected chi connectivity index (χ4v) is 8.16. The monoisotopic (exact) mass is 544 g/mol. The molecule has 2 fully saturated rings. The zero-order valence-corrected chi connectivity index (χ0v) is 27.4. The van der Waals surface area contributed by atoms with Crippen LogP contribution in [-0.2, 0) is 19.1 Å². The molecule has 0 radical (unpaired) electrons. The van der Waals surface area contributed by atoms with Crippen molar-refractivity contribution in [3.05, 3.63) is 11.6 Å². The van der Waals surface area contributed by atoms with Gasteiger partial charge in [0.1, 0.15) is 20.7 Å². The van der Waals surface area contributed by atoms with E-state index in [0.717, 1.165) is 31.7 Å². The van der Waals surface area contributed by atoms with Crippen molar-refractivity contribution in [3.8, 4) is 11.5 Å². The van der Waals surface area contributed by atoms with Crippen LogP contribution in [-0.4, -0.2) is 47.7 Å². The molecular weight excluding hydrogens is 493 g/mol. The van der Waals surface area contributed by atoms with Crippen LogP contribution in [0.1, 0.15) is 73.1 Å². The predicted octanol–water partition coefficient (Wildman–Crippen LogP) is 7.43. The minimum Gasteiger partial charge on any atom is -0.356 e. The van der Waals surface area contributed by atoms with Crippen LogP contribution in [0.5, 0.6) is 0 Å². The molecule has 0 unspecified atom stereocenters. The zero-order chi connectivity index (χ0) is 27.9. The second kappa shape index (κ2) is 10.5. The molecule has 0 aliphatic heterocycles. The molecule has 0 saturated heterocycles. The molecule has 3 aliphatic rings. The maximum atomic E-state index is 13.4. The van der Waals surface area contributed by atoms with E-state index in [1.165, 1.54) is 5.57 Å². The predicted molar refractivity (Wildman–Crippen MR) is 158 cm³/mol. The molecule has 0 N–H and O–H groups in total. The summed E-state index contributed by atoms with van der Waals surface area (Å²) in [6, 6.07) is 1.10. The lowest BCUT2D eigenvalue weighted by atomic mass is 9.43. The lowest BCUT2D eigenvalue weighted by Gasteiger charge is -2.59. The highest BCUT2D eigenvalue weighted by molar-refractivity contribution is 6.87. The van der Waals surface area contributed by atoms with E-state index in [1.807, 2.05) is 6.08 Å². The smallest absolute Gasteiger partial charge is 0.155 e.